The lowest BCUT2D eigenvalue weighted by Crippen LogP contribution is -2.31. The third-order valence-electron chi connectivity index (χ3n) is 5.21. The smallest absolute Gasteiger partial charge is 0.355 e. The van der Waals surface area contributed by atoms with Crippen molar-refractivity contribution < 1.29 is 27.5 Å². The second kappa shape index (κ2) is 9.52. The van der Waals surface area contributed by atoms with Crippen LogP contribution in [0.2, 0.25) is 0 Å². The van der Waals surface area contributed by atoms with Gasteiger partial charge in [-0.15, -0.1) is 0 Å². The van der Waals surface area contributed by atoms with Crippen molar-refractivity contribution in [1.82, 2.24) is 14.2 Å². The van der Waals surface area contributed by atoms with Crippen LogP contribution in [0.15, 0.2) is 41.4 Å². The van der Waals surface area contributed by atoms with Gasteiger partial charge in [0.25, 0.3) is 5.91 Å². The van der Waals surface area contributed by atoms with Gasteiger partial charge in [-0.25, -0.2) is 13.2 Å². The molecule has 3 rings (SSSR count). The van der Waals surface area contributed by atoms with E-state index in [2.05, 4.69) is 5.32 Å². The molecule has 0 saturated carbocycles. The van der Waals surface area contributed by atoms with E-state index in [1.54, 1.807) is 27.1 Å². The molecule has 1 saturated heterocycles. The van der Waals surface area contributed by atoms with E-state index in [4.69, 9.17) is 9.47 Å². The molecule has 2 aromatic rings. The molecule has 1 fully saturated rings. The summed E-state index contributed by atoms with van der Waals surface area (Å²) in [6.45, 7) is 2.26. The molecule has 1 atom stereocenters. The summed E-state index contributed by atoms with van der Waals surface area (Å²) in [6, 6.07) is 8.23. The van der Waals surface area contributed by atoms with Crippen LogP contribution in [0.3, 0.4) is 0 Å². The van der Waals surface area contributed by atoms with Gasteiger partial charge in [0.15, 0.2) is 6.61 Å². The number of aryl methyl sites for hydroxylation is 1. The Morgan fingerprint density at radius 3 is 2.55 bits per heavy atom. The number of rotatable bonds is 8. The molecule has 1 aliphatic rings. The summed E-state index contributed by atoms with van der Waals surface area (Å²) in [7, 11) is -0.537. The molecular formula is C21H27N3O6S. The SMILES string of the molecule is COc1ccccc1C(C)NC(=O)COC(=O)c1cc(S(=O)(=O)N2CCCC2)cn1C. The fraction of sp³-hybridized carbons (Fsp3) is 0.429. The number of nitrogens with one attached hydrogen (secondary N) is 1. The van der Waals surface area contributed by atoms with E-state index in [-0.39, 0.29) is 16.6 Å². The van der Waals surface area contributed by atoms with Crippen molar-refractivity contribution in [1.29, 1.82) is 0 Å². The maximum absolute atomic E-state index is 12.7. The number of benzene rings is 1. The van der Waals surface area contributed by atoms with Crippen LogP contribution in [0, 0.1) is 0 Å². The maximum atomic E-state index is 12.7. The van der Waals surface area contributed by atoms with Gasteiger partial charge in [0.1, 0.15) is 16.3 Å². The normalized spacial score (nSPS) is 15.5. The summed E-state index contributed by atoms with van der Waals surface area (Å²) in [5.41, 5.74) is 0.854. The van der Waals surface area contributed by atoms with Crippen molar-refractivity contribution in [3.63, 3.8) is 0 Å². The fourth-order valence-electron chi connectivity index (χ4n) is 3.55. The molecule has 1 aromatic heterocycles. The number of para-hydroxylation sites is 1. The zero-order valence-corrected chi connectivity index (χ0v) is 18.6. The molecule has 168 valence electrons. The van der Waals surface area contributed by atoms with Gasteiger partial charge < -0.3 is 19.4 Å². The Balaban J connectivity index is 1.60. The highest BCUT2D eigenvalue weighted by molar-refractivity contribution is 7.89. The maximum Gasteiger partial charge on any atom is 0.355 e. The van der Waals surface area contributed by atoms with Crippen molar-refractivity contribution >= 4 is 21.9 Å². The number of sulfonamides is 1. The summed E-state index contributed by atoms with van der Waals surface area (Å²) in [6.07, 6.45) is 3.03. The number of hydrogen-bond acceptors (Lipinski definition) is 6. The second-order valence-electron chi connectivity index (χ2n) is 7.39. The van der Waals surface area contributed by atoms with E-state index in [0.717, 1.165) is 18.4 Å². The standard InChI is InChI=1S/C21H27N3O6S/c1-15(17-8-4-5-9-19(17)29-3)22-20(25)14-30-21(26)18-12-16(13-23(18)2)31(27,28)24-10-6-7-11-24/h4-5,8-9,12-13,15H,6-7,10-11,14H2,1-3H3,(H,22,25). The molecule has 10 heteroatoms. The van der Waals surface area contributed by atoms with Gasteiger partial charge in [-0.05, 0) is 31.9 Å². The number of methoxy groups -OCH3 is 1. The molecule has 0 aliphatic carbocycles. The van der Waals surface area contributed by atoms with E-state index in [9.17, 15) is 18.0 Å². The topological polar surface area (TPSA) is 107 Å². The van der Waals surface area contributed by atoms with E-state index in [0.29, 0.717) is 18.8 Å². The van der Waals surface area contributed by atoms with Crippen LogP contribution in [-0.2, 0) is 26.6 Å². The minimum atomic E-state index is -3.64. The number of carbonyl (C=O) groups is 2. The summed E-state index contributed by atoms with van der Waals surface area (Å²) in [4.78, 5) is 24.7. The van der Waals surface area contributed by atoms with E-state index < -0.39 is 28.5 Å². The summed E-state index contributed by atoms with van der Waals surface area (Å²) < 4.78 is 38.6. The van der Waals surface area contributed by atoms with Gasteiger partial charge >= 0.3 is 5.97 Å². The highest BCUT2D eigenvalue weighted by Crippen LogP contribution is 2.24. The molecule has 0 radical (unpaired) electrons. The van der Waals surface area contributed by atoms with Crippen molar-refractivity contribution in [2.75, 3.05) is 26.8 Å². The van der Waals surface area contributed by atoms with Crippen molar-refractivity contribution in [2.24, 2.45) is 7.05 Å². The zero-order chi connectivity index (χ0) is 22.6. The Hall–Kier alpha value is -2.85. The quantitative estimate of drug-likeness (QED) is 0.617. The van der Waals surface area contributed by atoms with E-state index >= 15 is 0 Å². The molecule has 1 N–H and O–H groups in total. The molecule has 31 heavy (non-hydrogen) atoms. The third kappa shape index (κ3) is 5.08. The van der Waals surface area contributed by atoms with Crippen LogP contribution < -0.4 is 10.1 Å². The Morgan fingerprint density at radius 1 is 1.19 bits per heavy atom. The molecular weight excluding hydrogens is 422 g/mol. The highest BCUT2D eigenvalue weighted by atomic mass is 32.2. The van der Waals surface area contributed by atoms with Gasteiger partial charge in [-0.1, -0.05) is 18.2 Å². The van der Waals surface area contributed by atoms with Crippen LogP contribution in [0.4, 0.5) is 0 Å². The van der Waals surface area contributed by atoms with Crippen LogP contribution in [0.5, 0.6) is 5.75 Å². The Labute approximate surface area is 182 Å². The van der Waals surface area contributed by atoms with Gasteiger partial charge in [-0.2, -0.15) is 4.31 Å². The van der Waals surface area contributed by atoms with Crippen LogP contribution in [-0.4, -0.2) is 56.0 Å². The Bertz CT molecular complexity index is 1060. The first kappa shape index (κ1) is 22.8. The average Bonchev–Trinajstić information content (AvgIpc) is 3.42. The number of ether oxygens (including phenoxy) is 2. The lowest BCUT2D eigenvalue weighted by atomic mass is 10.1. The lowest BCUT2D eigenvalue weighted by Gasteiger charge is -2.17. The number of hydrogen-bond donors (Lipinski definition) is 1. The van der Waals surface area contributed by atoms with Gasteiger partial charge in [-0.3, -0.25) is 4.79 Å². The molecule has 0 spiro atoms. The molecule has 9 nitrogen and oxygen atoms in total. The van der Waals surface area contributed by atoms with Gasteiger partial charge in [0.05, 0.1) is 13.2 Å². The predicted molar refractivity (Wildman–Crippen MR) is 113 cm³/mol. The Kier molecular flexibility index (Phi) is 7.01. The third-order valence-corrected chi connectivity index (χ3v) is 7.07. The van der Waals surface area contributed by atoms with Crippen molar-refractivity contribution in [2.45, 2.75) is 30.7 Å². The minimum absolute atomic E-state index is 0.0399. The van der Waals surface area contributed by atoms with E-state index in [1.165, 1.54) is 21.1 Å². The van der Waals surface area contributed by atoms with Crippen LogP contribution >= 0.6 is 0 Å². The Morgan fingerprint density at radius 2 is 1.87 bits per heavy atom. The number of esters is 1. The predicted octanol–water partition coefficient (Wildman–Crippen LogP) is 1.85. The minimum Gasteiger partial charge on any atom is -0.496 e. The summed E-state index contributed by atoms with van der Waals surface area (Å²) in [5, 5.41) is 2.75. The monoisotopic (exact) mass is 449 g/mol. The number of carbonyl (C=O) groups excluding carboxylic acids is 2. The number of nitrogens with zero attached hydrogens (tertiary/aromatic N) is 2. The second-order valence-corrected chi connectivity index (χ2v) is 9.33. The lowest BCUT2D eigenvalue weighted by molar-refractivity contribution is -0.124. The fourth-order valence-corrected chi connectivity index (χ4v) is 5.13. The molecule has 1 aromatic carbocycles. The highest BCUT2D eigenvalue weighted by Gasteiger charge is 2.30. The molecule has 2 heterocycles. The van der Waals surface area contributed by atoms with Crippen molar-refractivity contribution in [3.05, 3.63) is 47.8 Å². The molecule has 0 bridgehead atoms. The van der Waals surface area contributed by atoms with Crippen molar-refractivity contribution in [3.8, 4) is 5.75 Å². The van der Waals surface area contributed by atoms with Gasteiger partial charge in [0.2, 0.25) is 10.0 Å². The summed E-state index contributed by atoms with van der Waals surface area (Å²) in [5.74, 6) is -0.612. The van der Waals surface area contributed by atoms with Crippen LogP contribution in [0.1, 0.15) is 41.9 Å². The summed E-state index contributed by atoms with van der Waals surface area (Å²) >= 11 is 0. The van der Waals surface area contributed by atoms with Gasteiger partial charge in [0, 0.05) is 31.9 Å². The number of aromatic nitrogens is 1. The first-order chi connectivity index (χ1) is 14.7. The van der Waals surface area contributed by atoms with Crippen LogP contribution in [0.25, 0.3) is 0 Å². The molecule has 1 unspecified atom stereocenters. The first-order valence-electron chi connectivity index (χ1n) is 10.00. The largest absolute Gasteiger partial charge is 0.496 e. The molecule has 1 aliphatic heterocycles. The first-order valence-corrected chi connectivity index (χ1v) is 11.4. The number of amides is 1. The zero-order valence-electron chi connectivity index (χ0n) is 17.8. The van der Waals surface area contributed by atoms with E-state index in [1.807, 2.05) is 18.2 Å². The molecule has 1 amide bonds. The average molecular weight is 450 g/mol.